The van der Waals surface area contributed by atoms with Gasteiger partial charge in [0.1, 0.15) is 0 Å². The maximum absolute atomic E-state index is 11.9. The molecular weight excluding hydrogens is 332 g/mol. The zero-order valence-corrected chi connectivity index (χ0v) is 13.5. The van der Waals surface area contributed by atoms with Crippen molar-refractivity contribution in [2.24, 2.45) is 0 Å². The maximum atomic E-state index is 11.9. The number of benzene rings is 1. The quantitative estimate of drug-likeness (QED) is 0.576. The van der Waals surface area contributed by atoms with E-state index < -0.39 is 0 Å². The molecule has 0 radical (unpaired) electrons. The molecule has 0 bridgehead atoms. The highest BCUT2D eigenvalue weighted by Gasteiger charge is 2.08. The second-order valence-electron chi connectivity index (χ2n) is 5.36. The summed E-state index contributed by atoms with van der Waals surface area (Å²) in [6.07, 6.45) is 4.94. The Hall–Kier alpha value is -3.94. The Bertz CT molecular complexity index is 977. The number of carbonyl (C=O) groups excluding carboxylic acids is 1. The van der Waals surface area contributed by atoms with Crippen molar-refractivity contribution in [1.82, 2.24) is 20.0 Å². The Labute approximate surface area is 148 Å². The van der Waals surface area contributed by atoms with Gasteiger partial charge in [-0.3, -0.25) is 4.79 Å². The molecule has 1 amide bonds. The van der Waals surface area contributed by atoms with Crippen molar-refractivity contribution in [2.45, 2.75) is 0 Å². The summed E-state index contributed by atoms with van der Waals surface area (Å²) in [7, 11) is 0. The number of carbonyl (C=O) groups is 1. The van der Waals surface area contributed by atoms with Gasteiger partial charge in [-0.15, -0.1) is 10.2 Å². The van der Waals surface area contributed by atoms with Gasteiger partial charge in [0, 0.05) is 23.8 Å². The molecule has 0 aliphatic rings. The van der Waals surface area contributed by atoms with Crippen molar-refractivity contribution in [3.8, 4) is 5.82 Å². The molecule has 0 fully saturated rings. The number of aromatic nitrogens is 4. The number of amides is 1. The third kappa shape index (κ3) is 3.44. The fraction of sp³-hybridized carbons (Fsp3) is 0. The number of anilines is 3. The normalized spacial score (nSPS) is 10.5. The Morgan fingerprint density at radius 3 is 2.46 bits per heavy atom. The maximum Gasteiger partial charge on any atom is 0.291 e. The minimum absolute atomic E-state index is 0.264. The monoisotopic (exact) mass is 346 g/mol. The minimum atomic E-state index is -0.296. The molecule has 0 atom stereocenters. The average molecular weight is 346 g/mol. The van der Waals surface area contributed by atoms with Crippen LogP contribution in [0.5, 0.6) is 0 Å². The van der Waals surface area contributed by atoms with Gasteiger partial charge in [-0.1, -0.05) is 0 Å². The van der Waals surface area contributed by atoms with Gasteiger partial charge in [0.2, 0.25) is 0 Å². The van der Waals surface area contributed by atoms with Gasteiger partial charge >= 0.3 is 0 Å². The van der Waals surface area contributed by atoms with Crippen molar-refractivity contribution < 1.29 is 9.21 Å². The highest BCUT2D eigenvalue weighted by Crippen LogP contribution is 2.18. The van der Waals surface area contributed by atoms with Gasteiger partial charge in [-0.25, -0.2) is 4.68 Å². The van der Waals surface area contributed by atoms with Crippen LogP contribution in [0.1, 0.15) is 10.6 Å². The molecule has 0 unspecified atom stereocenters. The predicted octanol–water partition coefficient (Wildman–Crippen LogP) is 3.25. The average Bonchev–Trinajstić information content (AvgIpc) is 3.38. The summed E-state index contributed by atoms with van der Waals surface area (Å²) in [5.74, 6) is 1.21. The lowest BCUT2D eigenvalue weighted by Gasteiger charge is -2.07. The van der Waals surface area contributed by atoms with Gasteiger partial charge in [0.25, 0.3) is 5.91 Å². The predicted molar refractivity (Wildman–Crippen MR) is 95.5 cm³/mol. The molecule has 128 valence electrons. The van der Waals surface area contributed by atoms with E-state index in [1.54, 1.807) is 41.3 Å². The first-order chi connectivity index (χ1) is 12.8. The summed E-state index contributed by atoms with van der Waals surface area (Å²) < 4.78 is 6.69. The van der Waals surface area contributed by atoms with Crippen molar-refractivity contribution in [3.05, 3.63) is 79.0 Å². The van der Waals surface area contributed by atoms with Gasteiger partial charge in [-0.05, 0) is 54.6 Å². The molecule has 3 heterocycles. The first kappa shape index (κ1) is 15.6. The lowest BCUT2D eigenvalue weighted by atomic mass is 10.2. The highest BCUT2D eigenvalue weighted by molar-refractivity contribution is 6.02. The molecular formula is C18H14N6O2. The van der Waals surface area contributed by atoms with E-state index >= 15 is 0 Å². The largest absolute Gasteiger partial charge is 0.459 e. The van der Waals surface area contributed by atoms with Crippen LogP contribution >= 0.6 is 0 Å². The molecule has 4 rings (SSSR count). The zero-order valence-electron chi connectivity index (χ0n) is 13.5. The van der Waals surface area contributed by atoms with Crippen LogP contribution in [0.25, 0.3) is 5.82 Å². The van der Waals surface area contributed by atoms with Crippen LogP contribution in [0, 0.1) is 0 Å². The molecule has 0 spiro atoms. The van der Waals surface area contributed by atoms with E-state index in [2.05, 4.69) is 25.9 Å². The molecule has 0 saturated heterocycles. The third-order valence-electron chi connectivity index (χ3n) is 3.55. The van der Waals surface area contributed by atoms with Crippen molar-refractivity contribution in [2.75, 3.05) is 10.6 Å². The second kappa shape index (κ2) is 6.89. The molecule has 26 heavy (non-hydrogen) atoms. The SMILES string of the molecule is O=C(Nc1ccc(Nc2ccc(-n3cccn3)nn2)cc1)c1ccco1. The molecule has 3 aromatic heterocycles. The van der Waals surface area contributed by atoms with Gasteiger partial charge in [0.05, 0.1) is 6.26 Å². The fourth-order valence-electron chi connectivity index (χ4n) is 2.30. The molecule has 4 aromatic rings. The van der Waals surface area contributed by atoms with E-state index in [4.69, 9.17) is 4.42 Å². The van der Waals surface area contributed by atoms with Crippen LogP contribution < -0.4 is 10.6 Å². The number of hydrogen-bond donors (Lipinski definition) is 2. The number of hydrogen-bond acceptors (Lipinski definition) is 6. The lowest BCUT2D eigenvalue weighted by Crippen LogP contribution is -2.10. The molecule has 0 aliphatic heterocycles. The number of nitrogens with zero attached hydrogens (tertiary/aromatic N) is 4. The standard InChI is InChI=1S/C18H14N6O2/c25-18(15-3-1-12-26-15)21-14-6-4-13(5-7-14)20-16-8-9-17(23-22-16)24-11-2-10-19-24/h1-12H,(H,20,22)(H,21,25). The van der Waals surface area contributed by atoms with Crippen molar-refractivity contribution in [3.63, 3.8) is 0 Å². The molecule has 8 heteroatoms. The molecule has 2 N–H and O–H groups in total. The summed E-state index contributed by atoms with van der Waals surface area (Å²) in [5.41, 5.74) is 1.49. The first-order valence-electron chi connectivity index (χ1n) is 7.84. The second-order valence-corrected chi connectivity index (χ2v) is 5.36. The zero-order chi connectivity index (χ0) is 17.8. The Balaban J connectivity index is 1.40. The number of rotatable bonds is 5. The highest BCUT2D eigenvalue weighted by atomic mass is 16.3. The summed E-state index contributed by atoms with van der Waals surface area (Å²) in [5, 5.41) is 18.3. The number of furan rings is 1. The summed E-state index contributed by atoms with van der Waals surface area (Å²) in [4.78, 5) is 11.9. The van der Waals surface area contributed by atoms with Crippen LogP contribution in [0.3, 0.4) is 0 Å². The fourth-order valence-corrected chi connectivity index (χ4v) is 2.30. The van der Waals surface area contributed by atoms with Gasteiger partial charge in [0.15, 0.2) is 17.4 Å². The van der Waals surface area contributed by atoms with E-state index in [1.165, 1.54) is 6.26 Å². The Morgan fingerprint density at radius 1 is 0.962 bits per heavy atom. The van der Waals surface area contributed by atoms with Crippen LogP contribution in [-0.2, 0) is 0 Å². The van der Waals surface area contributed by atoms with E-state index in [1.807, 2.05) is 30.3 Å². The van der Waals surface area contributed by atoms with Crippen LogP contribution in [0.4, 0.5) is 17.2 Å². The Morgan fingerprint density at radius 2 is 1.81 bits per heavy atom. The summed E-state index contributed by atoms with van der Waals surface area (Å²) in [6, 6.07) is 16.0. The first-order valence-corrected chi connectivity index (χ1v) is 7.84. The summed E-state index contributed by atoms with van der Waals surface area (Å²) in [6.45, 7) is 0. The molecule has 0 aliphatic carbocycles. The smallest absolute Gasteiger partial charge is 0.291 e. The lowest BCUT2D eigenvalue weighted by molar-refractivity contribution is 0.0996. The molecule has 0 saturated carbocycles. The van der Waals surface area contributed by atoms with E-state index in [-0.39, 0.29) is 11.7 Å². The van der Waals surface area contributed by atoms with Crippen LogP contribution in [-0.4, -0.2) is 25.9 Å². The van der Waals surface area contributed by atoms with E-state index in [0.29, 0.717) is 17.3 Å². The van der Waals surface area contributed by atoms with Gasteiger partial charge < -0.3 is 15.1 Å². The topological polar surface area (TPSA) is 97.9 Å². The van der Waals surface area contributed by atoms with E-state index in [0.717, 1.165) is 5.69 Å². The molecule has 1 aromatic carbocycles. The van der Waals surface area contributed by atoms with Crippen LogP contribution in [0.15, 0.2) is 77.7 Å². The minimum Gasteiger partial charge on any atom is -0.459 e. The van der Waals surface area contributed by atoms with Crippen molar-refractivity contribution >= 4 is 23.1 Å². The number of nitrogens with one attached hydrogen (secondary N) is 2. The van der Waals surface area contributed by atoms with Crippen molar-refractivity contribution in [1.29, 1.82) is 0 Å². The van der Waals surface area contributed by atoms with Gasteiger partial charge in [-0.2, -0.15) is 5.10 Å². The third-order valence-corrected chi connectivity index (χ3v) is 3.55. The van der Waals surface area contributed by atoms with E-state index in [9.17, 15) is 4.79 Å². The Kier molecular flexibility index (Phi) is 4.13. The molecule has 8 nitrogen and oxygen atoms in total. The van der Waals surface area contributed by atoms with Crippen LogP contribution in [0.2, 0.25) is 0 Å². The summed E-state index contributed by atoms with van der Waals surface area (Å²) >= 11 is 0.